The number of hydrogen-bond acceptors (Lipinski definition) is 4. The van der Waals surface area contributed by atoms with Gasteiger partial charge in [0.15, 0.2) is 0 Å². The largest absolute Gasteiger partial charge is 0.497 e. The molecular weight excluding hydrogens is 218 g/mol. The summed E-state index contributed by atoms with van der Waals surface area (Å²) in [5, 5.41) is 0. The van der Waals surface area contributed by atoms with Crippen LogP contribution in [0, 0.1) is 0 Å². The second-order valence-corrected chi connectivity index (χ2v) is 3.85. The Kier molecular flexibility index (Phi) is 4.97. The second kappa shape index (κ2) is 6.25. The molecule has 1 aromatic rings. The highest BCUT2D eigenvalue weighted by molar-refractivity contribution is 5.83. The van der Waals surface area contributed by atoms with E-state index in [1.54, 1.807) is 20.3 Å². The molecule has 0 aliphatic carbocycles. The van der Waals surface area contributed by atoms with Gasteiger partial charge in [-0.2, -0.15) is 0 Å². The third kappa shape index (κ3) is 3.75. The lowest BCUT2D eigenvalue weighted by Gasteiger charge is -2.12. The quantitative estimate of drug-likeness (QED) is 0.815. The smallest absolute Gasteiger partial charge is 0.149 e. The van der Waals surface area contributed by atoms with Crippen LogP contribution < -0.4 is 15.2 Å². The standard InChI is InChI=1S/C13H19NO3/c1-4-13(15)12(14)7-9-5-10(16-2)8-11(6-9)17-3/h5-6,8,12H,4,7,14H2,1-3H3. The highest BCUT2D eigenvalue weighted by atomic mass is 16.5. The molecule has 4 heteroatoms. The molecule has 0 heterocycles. The van der Waals surface area contributed by atoms with Crippen LogP contribution in [-0.2, 0) is 11.2 Å². The summed E-state index contributed by atoms with van der Waals surface area (Å²) < 4.78 is 10.3. The molecule has 0 radical (unpaired) electrons. The topological polar surface area (TPSA) is 61.6 Å². The third-order valence-electron chi connectivity index (χ3n) is 2.63. The van der Waals surface area contributed by atoms with Gasteiger partial charge in [-0.1, -0.05) is 6.92 Å². The van der Waals surface area contributed by atoms with Crippen molar-refractivity contribution in [3.8, 4) is 11.5 Å². The van der Waals surface area contributed by atoms with Crippen molar-refractivity contribution in [3.05, 3.63) is 23.8 Å². The zero-order valence-electron chi connectivity index (χ0n) is 10.5. The number of ketones is 1. The highest BCUT2D eigenvalue weighted by Crippen LogP contribution is 2.23. The first-order valence-electron chi connectivity index (χ1n) is 5.61. The van der Waals surface area contributed by atoms with Crippen molar-refractivity contribution in [1.29, 1.82) is 0 Å². The Morgan fingerprint density at radius 2 is 1.76 bits per heavy atom. The van der Waals surface area contributed by atoms with E-state index in [-0.39, 0.29) is 5.78 Å². The zero-order valence-corrected chi connectivity index (χ0v) is 10.5. The van der Waals surface area contributed by atoms with Gasteiger partial charge in [-0.15, -0.1) is 0 Å². The van der Waals surface area contributed by atoms with Gasteiger partial charge in [0.2, 0.25) is 0 Å². The predicted octanol–water partition coefficient (Wildman–Crippen LogP) is 1.55. The molecule has 0 spiro atoms. The monoisotopic (exact) mass is 237 g/mol. The van der Waals surface area contributed by atoms with Crippen LogP contribution in [0.25, 0.3) is 0 Å². The lowest BCUT2D eigenvalue weighted by atomic mass is 10.0. The van der Waals surface area contributed by atoms with E-state index in [0.29, 0.717) is 24.3 Å². The first-order valence-corrected chi connectivity index (χ1v) is 5.61. The Morgan fingerprint density at radius 3 is 2.18 bits per heavy atom. The molecule has 0 bridgehead atoms. The van der Waals surface area contributed by atoms with Crippen molar-refractivity contribution in [2.24, 2.45) is 5.73 Å². The molecule has 0 aliphatic heterocycles. The number of benzene rings is 1. The summed E-state index contributed by atoms with van der Waals surface area (Å²) in [5.74, 6) is 1.47. The summed E-state index contributed by atoms with van der Waals surface area (Å²) in [5.41, 5.74) is 6.75. The lowest BCUT2D eigenvalue weighted by molar-refractivity contribution is -0.119. The van der Waals surface area contributed by atoms with Gasteiger partial charge in [-0.05, 0) is 24.1 Å². The fraction of sp³-hybridized carbons (Fsp3) is 0.462. The van der Waals surface area contributed by atoms with E-state index in [4.69, 9.17) is 15.2 Å². The summed E-state index contributed by atoms with van der Waals surface area (Å²) in [6, 6.07) is 5.06. The number of carbonyl (C=O) groups is 1. The average molecular weight is 237 g/mol. The van der Waals surface area contributed by atoms with Crippen molar-refractivity contribution in [2.45, 2.75) is 25.8 Å². The van der Waals surface area contributed by atoms with Crippen molar-refractivity contribution in [3.63, 3.8) is 0 Å². The molecule has 1 rings (SSSR count). The molecule has 1 aromatic carbocycles. The van der Waals surface area contributed by atoms with Gasteiger partial charge >= 0.3 is 0 Å². The molecule has 2 N–H and O–H groups in total. The van der Waals surface area contributed by atoms with Crippen LogP contribution in [-0.4, -0.2) is 26.0 Å². The van der Waals surface area contributed by atoms with E-state index >= 15 is 0 Å². The highest BCUT2D eigenvalue weighted by Gasteiger charge is 2.13. The fourth-order valence-corrected chi connectivity index (χ4v) is 1.61. The number of methoxy groups -OCH3 is 2. The number of nitrogens with two attached hydrogens (primary N) is 1. The molecule has 17 heavy (non-hydrogen) atoms. The first kappa shape index (κ1) is 13.5. The summed E-state index contributed by atoms with van der Waals surface area (Å²) >= 11 is 0. The van der Waals surface area contributed by atoms with Gasteiger partial charge in [-0.25, -0.2) is 0 Å². The Morgan fingerprint density at radius 1 is 1.24 bits per heavy atom. The van der Waals surface area contributed by atoms with Gasteiger partial charge in [-0.3, -0.25) is 4.79 Å². The van der Waals surface area contributed by atoms with E-state index in [1.165, 1.54) is 0 Å². The molecule has 0 aromatic heterocycles. The Balaban J connectivity index is 2.86. The minimum absolute atomic E-state index is 0.0618. The molecule has 4 nitrogen and oxygen atoms in total. The van der Waals surface area contributed by atoms with Crippen LogP contribution in [0.5, 0.6) is 11.5 Å². The van der Waals surface area contributed by atoms with Crippen molar-refractivity contribution in [2.75, 3.05) is 14.2 Å². The Hall–Kier alpha value is -1.55. The summed E-state index contributed by atoms with van der Waals surface area (Å²) in [6.45, 7) is 1.81. The van der Waals surface area contributed by atoms with Crippen molar-refractivity contribution in [1.82, 2.24) is 0 Å². The molecule has 0 aliphatic rings. The van der Waals surface area contributed by atoms with Crippen LogP contribution in [0.2, 0.25) is 0 Å². The van der Waals surface area contributed by atoms with E-state index in [9.17, 15) is 4.79 Å². The molecule has 1 unspecified atom stereocenters. The van der Waals surface area contributed by atoms with Crippen molar-refractivity contribution >= 4 is 5.78 Å². The van der Waals surface area contributed by atoms with E-state index in [2.05, 4.69) is 0 Å². The minimum atomic E-state index is -0.461. The van der Waals surface area contributed by atoms with E-state index in [0.717, 1.165) is 5.56 Å². The maximum atomic E-state index is 11.4. The van der Waals surface area contributed by atoms with Gasteiger partial charge in [0.05, 0.1) is 20.3 Å². The second-order valence-electron chi connectivity index (χ2n) is 3.85. The summed E-state index contributed by atoms with van der Waals surface area (Å²) in [7, 11) is 3.19. The Bertz CT molecular complexity index is 368. The van der Waals surface area contributed by atoms with Gasteiger partial charge in [0, 0.05) is 12.5 Å². The van der Waals surface area contributed by atoms with Crippen LogP contribution in [0.3, 0.4) is 0 Å². The molecule has 0 fully saturated rings. The number of ether oxygens (including phenoxy) is 2. The van der Waals surface area contributed by atoms with Crippen LogP contribution >= 0.6 is 0 Å². The molecular formula is C13H19NO3. The van der Waals surface area contributed by atoms with Gasteiger partial charge in [0.1, 0.15) is 17.3 Å². The lowest BCUT2D eigenvalue weighted by Crippen LogP contribution is -2.32. The number of rotatable bonds is 6. The normalized spacial score (nSPS) is 12.0. The van der Waals surface area contributed by atoms with Crippen LogP contribution in [0.4, 0.5) is 0 Å². The minimum Gasteiger partial charge on any atom is -0.497 e. The maximum absolute atomic E-state index is 11.4. The Labute approximate surface area is 102 Å². The molecule has 94 valence electrons. The number of carbonyl (C=O) groups excluding carboxylic acids is 1. The fourth-order valence-electron chi connectivity index (χ4n) is 1.61. The van der Waals surface area contributed by atoms with E-state index in [1.807, 2.05) is 19.1 Å². The third-order valence-corrected chi connectivity index (χ3v) is 2.63. The number of Topliss-reactive ketones (excluding diaryl/α,β-unsaturated/α-hetero) is 1. The van der Waals surface area contributed by atoms with Crippen LogP contribution in [0.1, 0.15) is 18.9 Å². The predicted molar refractivity (Wildman–Crippen MR) is 66.5 cm³/mol. The van der Waals surface area contributed by atoms with E-state index < -0.39 is 6.04 Å². The first-order chi connectivity index (χ1) is 8.10. The molecule has 0 amide bonds. The van der Waals surface area contributed by atoms with Crippen molar-refractivity contribution < 1.29 is 14.3 Å². The number of hydrogen-bond donors (Lipinski definition) is 1. The molecule has 0 saturated carbocycles. The van der Waals surface area contributed by atoms with Crippen LogP contribution in [0.15, 0.2) is 18.2 Å². The zero-order chi connectivity index (χ0) is 12.8. The SMILES string of the molecule is CCC(=O)C(N)Cc1cc(OC)cc(OC)c1. The van der Waals surface area contributed by atoms with Gasteiger partial charge < -0.3 is 15.2 Å². The average Bonchev–Trinajstić information content (AvgIpc) is 2.36. The molecule has 1 atom stereocenters. The summed E-state index contributed by atoms with van der Waals surface area (Å²) in [4.78, 5) is 11.4. The maximum Gasteiger partial charge on any atom is 0.149 e. The van der Waals surface area contributed by atoms with Gasteiger partial charge in [0.25, 0.3) is 0 Å². The molecule has 0 saturated heterocycles. The summed E-state index contributed by atoms with van der Waals surface area (Å²) in [6.07, 6.45) is 0.961.